The van der Waals surface area contributed by atoms with Crippen LogP contribution in [0.5, 0.6) is 0 Å². The third kappa shape index (κ3) is 3.45. The van der Waals surface area contributed by atoms with E-state index in [1.165, 1.54) is 6.42 Å². The minimum Gasteiger partial charge on any atom is -0.595 e. The molecule has 1 saturated carbocycles. The molecule has 0 saturated heterocycles. The summed E-state index contributed by atoms with van der Waals surface area (Å²) in [6.45, 7) is 0. The SMILES string of the molecule is O=[P+]([O-])C1CCCCC1.[Na+]. The number of hydrogen-bond donors (Lipinski definition) is 0. The second-order valence-corrected chi connectivity index (χ2v) is 3.88. The summed E-state index contributed by atoms with van der Waals surface area (Å²) in [7, 11) is -2.12. The first-order valence-corrected chi connectivity index (χ1v) is 4.69. The quantitative estimate of drug-likeness (QED) is 0.351. The Bertz CT molecular complexity index is 112. The molecule has 0 N–H and O–H groups in total. The zero-order valence-corrected chi connectivity index (χ0v) is 9.27. The molecule has 0 aromatic rings. The summed E-state index contributed by atoms with van der Waals surface area (Å²) in [6, 6.07) is 0. The maximum Gasteiger partial charge on any atom is 1.00 e. The molecule has 4 heteroatoms. The van der Waals surface area contributed by atoms with Gasteiger partial charge >= 0.3 is 37.6 Å². The largest absolute Gasteiger partial charge is 1.00 e. The fourth-order valence-electron chi connectivity index (χ4n) is 1.29. The number of rotatable bonds is 1. The molecule has 1 rings (SSSR count). The summed E-state index contributed by atoms with van der Waals surface area (Å²) in [5, 5.41) is 0. The van der Waals surface area contributed by atoms with Gasteiger partial charge < -0.3 is 4.89 Å². The van der Waals surface area contributed by atoms with Crippen molar-refractivity contribution in [3.63, 3.8) is 0 Å². The van der Waals surface area contributed by atoms with E-state index in [0.29, 0.717) is 0 Å². The van der Waals surface area contributed by atoms with Gasteiger partial charge in [0, 0.05) is 0 Å². The first kappa shape index (κ1) is 11.1. The maximum atomic E-state index is 10.4. The molecular formula is C6H11NaO2P+. The van der Waals surface area contributed by atoms with E-state index in [4.69, 9.17) is 0 Å². The van der Waals surface area contributed by atoms with Crippen LogP contribution in [0.25, 0.3) is 0 Å². The van der Waals surface area contributed by atoms with Crippen LogP contribution in [0.4, 0.5) is 0 Å². The molecular weight excluding hydrogens is 158 g/mol. The van der Waals surface area contributed by atoms with Crippen molar-refractivity contribution in [3.05, 3.63) is 0 Å². The Kier molecular flexibility index (Phi) is 6.28. The molecule has 0 aromatic heterocycles. The van der Waals surface area contributed by atoms with Gasteiger partial charge in [-0.25, -0.2) is 0 Å². The Hall–Kier alpha value is 1.06. The zero-order valence-electron chi connectivity index (χ0n) is 6.38. The minimum atomic E-state index is -2.12. The van der Waals surface area contributed by atoms with Crippen LogP contribution in [-0.2, 0) is 4.57 Å². The second kappa shape index (κ2) is 5.68. The minimum absolute atomic E-state index is 0. The van der Waals surface area contributed by atoms with Crippen molar-refractivity contribution in [2.75, 3.05) is 0 Å². The summed E-state index contributed by atoms with van der Waals surface area (Å²) < 4.78 is 10.4. The van der Waals surface area contributed by atoms with Gasteiger partial charge in [0.05, 0.1) is 0 Å². The Balaban J connectivity index is 0.000000810. The average molecular weight is 169 g/mol. The van der Waals surface area contributed by atoms with Gasteiger partial charge in [-0.2, -0.15) is 0 Å². The van der Waals surface area contributed by atoms with E-state index in [0.717, 1.165) is 25.7 Å². The van der Waals surface area contributed by atoms with Gasteiger partial charge in [-0.3, -0.25) is 0 Å². The third-order valence-corrected chi connectivity index (χ3v) is 2.99. The summed E-state index contributed by atoms with van der Waals surface area (Å²) in [4.78, 5) is 10.4. The van der Waals surface area contributed by atoms with Crippen LogP contribution in [0.15, 0.2) is 0 Å². The average Bonchev–Trinajstić information content (AvgIpc) is 1.90. The van der Waals surface area contributed by atoms with E-state index in [9.17, 15) is 9.46 Å². The molecule has 0 spiro atoms. The van der Waals surface area contributed by atoms with Crippen LogP contribution in [0, 0.1) is 0 Å². The van der Waals surface area contributed by atoms with Crippen molar-refractivity contribution >= 4 is 8.03 Å². The molecule has 2 nitrogen and oxygen atoms in total. The van der Waals surface area contributed by atoms with E-state index < -0.39 is 8.03 Å². The van der Waals surface area contributed by atoms with Crippen molar-refractivity contribution in [1.82, 2.24) is 0 Å². The molecule has 0 aromatic carbocycles. The fourth-order valence-corrected chi connectivity index (χ4v) is 2.08. The first-order chi connectivity index (χ1) is 4.30. The molecule has 0 amide bonds. The van der Waals surface area contributed by atoms with E-state index in [1.807, 2.05) is 0 Å². The van der Waals surface area contributed by atoms with Gasteiger partial charge in [0.25, 0.3) is 0 Å². The predicted molar refractivity (Wildman–Crippen MR) is 34.5 cm³/mol. The zero-order chi connectivity index (χ0) is 6.69. The van der Waals surface area contributed by atoms with E-state index >= 15 is 0 Å². The van der Waals surface area contributed by atoms with Crippen LogP contribution in [0.3, 0.4) is 0 Å². The predicted octanol–water partition coefficient (Wildman–Crippen LogP) is -1.57. The summed E-state index contributed by atoms with van der Waals surface area (Å²) in [5.41, 5.74) is 0.00810. The van der Waals surface area contributed by atoms with Gasteiger partial charge in [-0.15, -0.1) is 0 Å². The molecule has 0 radical (unpaired) electrons. The summed E-state index contributed by atoms with van der Waals surface area (Å²) >= 11 is 0. The standard InChI is InChI=1S/C6H11O2P.Na/c7-9(8)6-4-2-1-3-5-6;/h6H,1-5H2;/q;+1. The van der Waals surface area contributed by atoms with Crippen LogP contribution in [0.2, 0.25) is 0 Å². The van der Waals surface area contributed by atoms with Gasteiger partial charge in [0.15, 0.2) is 5.66 Å². The molecule has 1 aliphatic rings. The van der Waals surface area contributed by atoms with Crippen LogP contribution in [-0.4, -0.2) is 5.66 Å². The Labute approximate surface area is 84.6 Å². The Morgan fingerprint density at radius 3 is 2.00 bits per heavy atom. The topological polar surface area (TPSA) is 40.1 Å². The Morgan fingerprint density at radius 2 is 1.70 bits per heavy atom. The Morgan fingerprint density at radius 1 is 1.20 bits per heavy atom. The van der Waals surface area contributed by atoms with Gasteiger partial charge in [0.2, 0.25) is 0 Å². The molecule has 1 unspecified atom stereocenters. The van der Waals surface area contributed by atoms with E-state index in [-0.39, 0.29) is 35.2 Å². The monoisotopic (exact) mass is 169 g/mol. The first-order valence-electron chi connectivity index (χ1n) is 3.44. The molecule has 10 heavy (non-hydrogen) atoms. The van der Waals surface area contributed by atoms with E-state index in [1.54, 1.807) is 0 Å². The van der Waals surface area contributed by atoms with Crippen LogP contribution < -0.4 is 34.5 Å². The van der Waals surface area contributed by atoms with Crippen LogP contribution in [0.1, 0.15) is 32.1 Å². The molecule has 1 atom stereocenters. The van der Waals surface area contributed by atoms with E-state index in [2.05, 4.69) is 0 Å². The van der Waals surface area contributed by atoms with Crippen molar-refractivity contribution in [2.24, 2.45) is 0 Å². The maximum absolute atomic E-state index is 10.4. The molecule has 1 aliphatic carbocycles. The van der Waals surface area contributed by atoms with Gasteiger partial charge in [0.1, 0.15) is 0 Å². The number of hydrogen-bond acceptors (Lipinski definition) is 2. The van der Waals surface area contributed by atoms with Crippen LogP contribution >= 0.6 is 8.03 Å². The van der Waals surface area contributed by atoms with Gasteiger partial charge in [-0.05, 0) is 25.7 Å². The van der Waals surface area contributed by atoms with Crippen molar-refractivity contribution < 1.29 is 39.0 Å². The van der Waals surface area contributed by atoms with Gasteiger partial charge in [-0.1, -0.05) is 11.0 Å². The fraction of sp³-hybridized carbons (Fsp3) is 1.00. The molecule has 1 fully saturated rings. The van der Waals surface area contributed by atoms with Crippen molar-refractivity contribution in [3.8, 4) is 0 Å². The summed E-state index contributed by atoms with van der Waals surface area (Å²) in [5.74, 6) is 0. The normalized spacial score (nSPS) is 21.5. The third-order valence-electron chi connectivity index (χ3n) is 1.87. The molecule has 0 bridgehead atoms. The van der Waals surface area contributed by atoms with Crippen molar-refractivity contribution in [2.45, 2.75) is 37.8 Å². The smallest absolute Gasteiger partial charge is 0.595 e. The molecule has 52 valence electrons. The molecule has 0 aliphatic heterocycles. The summed E-state index contributed by atoms with van der Waals surface area (Å²) in [6.07, 6.45) is 5.24. The van der Waals surface area contributed by atoms with Crippen molar-refractivity contribution in [1.29, 1.82) is 0 Å². The molecule has 0 heterocycles. The second-order valence-electron chi connectivity index (χ2n) is 2.58.